The number of hydrogen-bond donors (Lipinski definition) is 1. The van der Waals surface area contributed by atoms with E-state index < -0.39 is 0 Å². The summed E-state index contributed by atoms with van der Waals surface area (Å²) in [6.45, 7) is 4.24. The van der Waals surface area contributed by atoms with Gasteiger partial charge in [-0.2, -0.15) is 0 Å². The molecule has 3 rings (SSSR count). The Kier molecular flexibility index (Phi) is 5.16. The van der Waals surface area contributed by atoms with Crippen LogP contribution in [0.15, 0.2) is 78.9 Å². The number of phenolic OH excluding ortho intramolecular Hbond substituents is 1. The lowest BCUT2D eigenvalue weighted by molar-refractivity contribution is 0.475. The second-order valence-corrected chi connectivity index (χ2v) is 5.00. The summed E-state index contributed by atoms with van der Waals surface area (Å²) in [7, 11) is 0. The van der Waals surface area contributed by atoms with Crippen molar-refractivity contribution in [2.24, 2.45) is 0 Å². The van der Waals surface area contributed by atoms with E-state index in [2.05, 4.69) is 38.1 Å². The molecule has 0 aliphatic heterocycles. The van der Waals surface area contributed by atoms with Crippen LogP contribution in [0.2, 0.25) is 0 Å². The minimum atomic E-state index is 0.305. The lowest BCUT2D eigenvalue weighted by atomic mass is 10.1. The van der Waals surface area contributed by atoms with Gasteiger partial charge in [0, 0.05) is 0 Å². The monoisotopic (exact) mass is 276 g/mol. The van der Waals surface area contributed by atoms with E-state index >= 15 is 0 Å². The summed E-state index contributed by atoms with van der Waals surface area (Å²) in [6.07, 6.45) is 0. The Morgan fingerprint density at radius 2 is 0.952 bits per heavy atom. The number of hydrogen-bond acceptors (Lipinski definition) is 1. The van der Waals surface area contributed by atoms with Crippen LogP contribution >= 0.6 is 0 Å². The van der Waals surface area contributed by atoms with Gasteiger partial charge in [-0.1, -0.05) is 66.7 Å². The molecule has 0 saturated heterocycles. The van der Waals surface area contributed by atoms with Crippen LogP contribution in [0.3, 0.4) is 0 Å². The van der Waals surface area contributed by atoms with E-state index in [1.807, 2.05) is 42.5 Å². The molecule has 0 radical (unpaired) electrons. The first kappa shape index (κ1) is 14.9. The Balaban J connectivity index is 0.000000173. The van der Waals surface area contributed by atoms with E-state index in [1.54, 1.807) is 12.1 Å². The average molecular weight is 276 g/mol. The third-order valence-corrected chi connectivity index (χ3v) is 3.40. The molecule has 3 aromatic carbocycles. The molecule has 0 bridgehead atoms. The van der Waals surface area contributed by atoms with Crippen LogP contribution in [-0.2, 0) is 0 Å². The molecule has 0 aromatic heterocycles. The van der Waals surface area contributed by atoms with Crippen molar-refractivity contribution >= 4 is 0 Å². The van der Waals surface area contributed by atoms with Gasteiger partial charge in [-0.3, -0.25) is 0 Å². The van der Waals surface area contributed by atoms with Crippen molar-refractivity contribution in [3.05, 3.63) is 90.0 Å². The predicted octanol–water partition coefficient (Wildman–Crippen LogP) is 5.36. The van der Waals surface area contributed by atoms with Crippen LogP contribution in [0.25, 0.3) is 11.1 Å². The largest absolute Gasteiger partial charge is 0.508 e. The van der Waals surface area contributed by atoms with E-state index in [1.165, 1.54) is 16.7 Å². The molecule has 0 atom stereocenters. The highest BCUT2D eigenvalue weighted by molar-refractivity contribution is 5.63. The highest BCUT2D eigenvalue weighted by atomic mass is 16.3. The number of aromatic hydroxyl groups is 1. The van der Waals surface area contributed by atoms with Gasteiger partial charge in [-0.15, -0.1) is 0 Å². The van der Waals surface area contributed by atoms with Gasteiger partial charge in [0.2, 0.25) is 0 Å². The number of rotatable bonds is 1. The first-order valence-electron chi connectivity index (χ1n) is 7.03. The summed E-state index contributed by atoms with van der Waals surface area (Å²) in [6, 6.07) is 25.7. The third kappa shape index (κ3) is 4.50. The van der Waals surface area contributed by atoms with E-state index in [9.17, 15) is 0 Å². The third-order valence-electron chi connectivity index (χ3n) is 3.40. The standard InChI is InChI=1S/C12H10O.C8H10/c13-12-8-6-11(7-9-12)10-4-2-1-3-5-10;1-7-5-3-4-6-8(7)2/h1-9,13H;3-6H,1-2H3. The van der Waals surface area contributed by atoms with Crippen molar-refractivity contribution in [3.8, 4) is 16.9 Å². The quantitative estimate of drug-likeness (QED) is 0.634. The Morgan fingerprint density at radius 3 is 1.43 bits per heavy atom. The van der Waals surface area contributed by atoms with Gasteiger partial charge in [0.15, 0.2) is 0 Å². The van der Waals surface area contributed by atoms with Gasteiger partial charge in [0.25, 0.3) is 0 Å². The molecule has 3 aromatic rings. The number of aryl methyl sites for hydroxylation is 2. The molecule has 0 amide bonds. The van der Waals surface area contributed by atoms with Crippen molar-refractivity contribution in [3.63, 3.8) is 0 Å². The molecular weight excluding hydrogens is 256 g/mol. The second kappa shape index (κ2) is 7.30. The summed E-state index contributed by atoms with van der Waals surface area (Å²) in [4.78, 5) is 0. The summed E-state index contributed by atoms with van der Waals surface area (Å²) >= 11 is 0. The molecule has 0 spiro atoms. The predicted molar refractivity (Wildman–Crippen MR) is 89.5 cm³/mol. The second-order valence-electron chi connectivity index (χ2n) is 5.00. The van der Waals surface area contributed by atoms with Gasteiger partial charge in [-0.25, -0.2) is 0 Å². The minimum absolute atomic E-state index is 0.305. The van der Waals surface area contributed by atoms with Crippen LogP contribution in [0.5, 0.6) is 5.75 Å². The molecule has 1 N–H and O–H groups in total. The maximum atomic E-state index is 9.10. The molecule has 106 valence electrons. The molecular formula is C20H20O. The lowest BCUT2D eigenvalue weighted by Gasteiger charge is -2.00. The first-order chi connectivity index (χ1) is 10.2. The smallest absolute Gasteiger partial charge is 0.115 e. The van der Waals surface area contributed by atoms with Crippen LogP contribution in [0.1, 0.15) is 11.1 Å². The minimum Gasteiger partial charge on any atom is -0.508 e. The Bertz CT molecular complexity index is 649. The van der Waals surface area contributed by atoms with Gasteiger partial charge >= 0.3 is 0 Å². The van der Waals surface area contributed by atoms with Crippen molar-refractivity contribution in [2.45, 2.75) is 13.8 Å². The van der Waals surface area contributed by atoms with E-state index in [0.29, 0.717) is 5.75 Å². The van der Waals surface area contributed by atoms with Crippen LogP contribution in [0, 0.1) is 13.8 Å². The Hall–Kier alpha value is -2.54. The number of benzene rings is 3. The first-order valence-corrected chi connectivity index (χ1v) is 7.03. The van der Waals surface area contributed by atoms with Crippen molar-refractivity contribution < 1.29 is 5.11 Å². The molecule has 0 aliphatic carbocycles. The summed E-state index contributed by atoms with van der Waals surface area (Å²) in [5.74, 6) is 0.305. The van der Waals surface area contributed by atoms with Crippen molar-refractivity contribution in [1.82, 2.24) is 0 Å². The van der Waals surface area contributed by atoms with E-state index in [4.69, 9.17) is 5.11 Å². The Morgan fingerprint density at radius 1 is 0.524 bits per heavy atom. The fourth-order valence-corrected chi connectivity index (χ4v) is 1.95. The molecule has 1 nitrogen and oxygen atoms in total. The molecule has 0 saturated carbocycles. The van der Waals surface area contributed by atoms with Gasteiger partial charge in [-0.05, 0) is 48.2 Å². The molecule has 0 unspecified atom stereocenters. The van der Waals surface area contributed by atoms with Crippen LogP contribution in [-0.4, -0.2) is 5.11 Å². The fourth-order valence-electron chi connectivity index (χ4n) is 1.95. The summed E-state index contributed by atoms with van der Waals surface area (Å²) in [5.41, 5.74) is 5.03. The SMILES string of the molecule is Cc1ccccc1C.Oc1ccc(-c2ccccc2)cc1. The Labute approximate surface area is 126 Å². The average Bonchev–Trinajstić information content (AvgIpc) is 2.53. The van der Waals surface area contributed by atoms with Gasteiger partial charge < -0.3 is 5.11 Å². The highest BCUT2D eigenvalue weighted by Crippen LogP contribution is 2.20. The molecule has 0 heterocycles. The van der Waals surface area contributed by atoms with Crippen LogP contribution < -0.4 is 0 Å². The zero-order chi connectivity index (χ0) is 15.1. The normalized spacial score (nSPS) is 9.62. The van der Waals surface area contributed by atoms with E-state index in [0.717, 1.165) is 5.56 Å². The molecule has 0 fully saturated rings. The highest BCUT2D eigenvalue weighted by Gasteiger charge is 1.94. The van der Waals surface area contributed by atoms with Gasteiger partial charge in [0.05, 0.1) is 0 Å². The van der Waals surface area contributed by atoms with E-state index in [-0.39, 0.29) is 0 Å². The summed E-state index contributed by atoms with van der Waals surface area (Å²) < 4.78 is 0. The fraction of sp³-hybridized carbons (Fsp3) is 0.100. The lowest BCUT2D eigenvalue weighted by Crippen LogP contribution is -1.74. The van der Waals surface area contributed by atoms with Gasteiger partial charge in [0.1, 0.15) is 5.75 Å². The number of phenols is 1. The maximum absolute atomic E-state index is 9.10. The van der Waals surface area contributed by atoms with Crippen molar-refractivity contribution in [2.75, 3.05) is 0 Å². The maximum Gasteiger partial charge on any atom is 0.115 e. The van der Waals surface area contributed by atoms with Crippen LogP contribution in [0.4, 0.5) is 0 Å². The topological polar surface area (TPSA) is 20.2 Å². The molecule has 21 heavy (non-hydrogen) atoms. The molecule has 0 aliphatic rings. The zero-order valence-electron chi connectivity index (χ0n) is 12.5. The zero-order valence-corrected chi connectivity index (χ0v) is 12.5. The summed E-state index contributed by atoms with van der Waals surface area (Å²) in [5, 5.41) is 9.10. The van der Waals surface area contributed by atoms with Crippen molar-refractivity contribution in [1.29, 1.82) is 0 Å². The molecule has 1 heteroatoms.